The van der Waals surface area contributed by atoms with E-state index in [9.17, 15) is 9.59 Å². The standard InChI is InChI=1S/C24H24N2O3/c1-26(2)24(28)22(19-13-7-4-8-14-19)29-21-16-10-9-15-20(21)23(27)25-17-18-11-5-3-6-12-18/h3-16,22H,17H2,1-2H3,(H,25,27)/t22-/m0/s1. The summed E-state index contributed by atoms with van der Waals surface area (Å²) in [6.45, 7) is 0.409. The minimum atomic E-state index is -0.839. The van der Waals surface area contributed by atoms with Gasteiger partial charge in [-0.25, -0.2) is 0 Å². The van der Waals surface area contributed by atoms with E-state index in [2.05, 4.69) is 5.32 Å². The lowest BCUT2D eigenvalue weighted by Crippen LogP contribution is -2.32. The number of rotatable bonds is 7. The highest BCUT2D eigenvalue weighted by Gasteiger charge is 2.26. The second kappa shape index (κ2) is 9.55. The SMILES string of the molecule is CN(C)C(=O)[C@@H](Oc1ccccc1C(=O)NCc1ccccc1)c1ccccc1. The van der Waals surface area contributed by atoms with Crippen LogP contribution in [0, 0.1) is 0 Å². The first-order valence-electron chi connectivity index (χ1n) is 9.40. The molecular formula is C24H24N2O3. The molecule has 0 aliphatic rings. The summed E-state index contributed by atoms with van der Waals surface area (Å²) in [7, 11) is 3.36. The van der Waals surface area contributed by atoms with Crippen molar-refractivity contribution >= 4 is 11.8 Å². The lowest BCUT2D eigenvalue weighted by molar-refractivity contribution is -0.136. The number of hydrogen-bond donors (Lipinski definition) is 1. The fraction of sp³-hybridized carbons (Fsp3) is 0.167. The zero-order valence-corrected chi connectivity index (χ0v) is 16.5. The fourth-order valence-corrected chi connectivity index (χ4v) is 2.88. The Bertz CT molecular complexity index is 956. The van der Waals surface area contributed by atoms with Crippen molar-refractivity contribution in [3.63, 3.8) is 0 Å². The van der Waals surface area contributed by atoms with Crippen LogP contribution in [0.3, 0.4) is 0 Å². The van der Waals surface area contributed by atoms with E-state index in [-0.39, 0.29) is 11.8 Å². The third kappa shape index (κ3) is 5.23. The van der Waals surface area contributed by atoms with Gasteiger partial charge in [-0.2, -0.15) is 0 Å². The average molecular weight is 388 g/mol. The fourth-order valence-electron chi connectivity index (χ4n) is 2.88. The molecule has 2 amide bonds. The number of hydrogen-bond acceptors (Lipinski definition) is 3. The van der Waals surface area contributed by atoms with Gasteiger partial charge in [0.2, 0.25) is 6.10 Å². The molecule has 5 nitrogen and oxygen atoms in total. The van der Waals surface area contributed by atoms with E-state index in [0.717, 1.165) is 11.1 Å². The summed E-state index contributed by atoms with van der Waals surface area (Å²) in [4.78, 5) is 27.0. The van der Waals surface area contributed by atoms with E-state index in [0.29, 0.717) is 17.9 Å². The molecule has 29 heavy (non-hydrogen) atoms. The molecule has 3 aromatic rings. The van der Waals surface area contributed by atoms with Gasteiger partial charge in [0, 0.05) is 26.2 Å². The summed E-state index contributed by atoms with van der Waals surface area (Å²) in [6, 6.07) is 25.9. The summed E-state index contributed by atoms with van der Waals surface area (Å²) in [6.07, 6.45) is -0.839. The van der Waals surface area contributed by atoms with E-state index in [1.165, 1.54) is 4.90 Å². The Morgan fingerprint density at radius 3 is 2.10 bits per heavy atom. The molecule has 0 bridgehead atoms. The first-order valence-corrected chi connectivity index (χ1v) is 9.40. The van der Waals surface area contributed by atoms with Crippen molar-refractivity contribution in [2.75, 3.05) is 14.1 Å². The van der Waals surface area contributed by atoms with Crippen molar-refractivity contribution in [2.45, 2.75) is 12.6 Å². The Morgan fingerprint density at radius 2 is 1.45 bits per heavy atom. The molecule has 0 aliphatic carbocycles. The maximum atomic E-state index is 12.8. The largest absolute Gasteiger partial charge is 0.475 e. The molecule has 0 aliphatic heterocycles. The first kappa shape index (κ1) is 20.1. The van der Waals surface area contributed by atoms with E-state index < -0.39 is 6.10 Å². The van der Waals surface area contributed by atoms with Crippen molar-refractivity contribution < 1.29 is 14.3 Å². The van der Waals surface area contributed by atoms with Gasteiger partial charge < -0.3 is 15.0 Å². The molecule has 0 unspecified atom stereocenters. The predicted octanol–water partition coefficient (Wildman–Crippen LogP) is 3.82. The van der Waals surface area contributed by atoms with Gasteiger partial charge in [-0.15, -0.1) is 0 Å². The molecule has 0 saturated heterocycles. The van der Waals surface area contributed by atoms with Crippen LogP contribution in [0.2, 0.25) is 0 Å². The van der Waals surface area contributed by atoms with Crippen molar-refractivity contribution in [3.8, 4) is 5.75 Å². The Hall–Kier alpha value is -3.60. The normalized spacial score (nSPS) is 11.4. The summed E-state index contributed by atoms with van der Waals surface area (Å²) in [5, 5.41) is 2.91. The van der Waals surface area contributed by atoms with Gasteiger partial charge in [0.15, 0.2) is 0 Å². The number of benzene rings is 3. The second-order valence-electron chi connectivity index (χ2n) is 6.81. The maximum absolute atomic E-state index is 12.8. The minimum Gasteiger partial charge on any atom is -0.475 e. The Kier molecular flexibility index (Phi) is 6.63. The molecule has 5 heteroatoms. The summed E-state index contributed by atoms with van der Waals surface area (Å²) >= 11 is 0. The lowest BCUT2D eigenvalue weighted by Gasteiger charge is -2.23. The minimum absolute atomic E-state index is 0.198. The van der Waals surface area contributed by atoms with Crippen LogP contribution >= 0.6 is 0 Å². The van der Waals surface area contributed by atoms with Gasteiger partial charge in [-0.05, 0) is 17.7 Å². The molecule has 0 heterocycles. The van der Waals surface area contributed by atoms with Crippen molar-refractivity contribution in [1.29, 1.82) is 0 Å². The zero-order chi connectivity index (χ0) is 20.6. The molecule has 1 N–H and O–H groups in total. The van der Waals surface area contributed by atoms with Crippen LogP contribution in [0.4, 0.5) is 0 Å². The van der Waals surface area contributed by atoms with Crippen LogP contribution in [0.5, 0.6) is 5.75 Å². The third-order valence-corrected chi connectivity index (χ3v) is 4.44. The zero-order valence-electron chi connectivity index (χ0n) is 16.5. The molecule has 3 aromatic carbocycles. The van der Waals surface area contributed by atoms with Crippen molar-refractivity contribution in [3.05, 3.63) is 102 Å². The number of nitrogens with one attached hydrogen (secondary N) is 1. The molecule has 3 rings (SSSR count). The Morgan fingerprint density at radius 1 is 0.862 bits per heavy atom. The quantitative estimate of drug-likeness (QED) is 0.669. The van der Waals surface area contributed by atoms with Crippen LogP contribution in [0.1, 0.15) is 27.6 Å². The van der Waals surface area contributed by atoms with Crippen LogP contribution in [0.15, 0.2) is 84.9 Å². The van der Waals surface area contributed by atoms with Gasteiger partial charge in [0.05, 0.1) is 5.56 Å². The van der Waals surface area contributed by atoms with Crippen molar-refractivity contribution in [2.24, 2.45) is 0 Å². The topological polar surface area (TPSA) is 58.6 Å². The van der Waals surface area contributed by atoms with E-state index in [1.54, 1.807) is 38.4 Å². The van der Waals surface area contributed by atoms with Crippen molar-refractivity contribution in [1.82, 2.24) is 10.2 Å². The van der Waals surface area contributed by atoms with Gasteiger partial charge in [-0.3, -0.25) is 9.59 Å². The van der Waals surface area contributed by atoms with Gasteiger partial charge >= 0.3 is 0 Å². The first-order chi connectivity index (χ1) is 14.1. The van der Waals surface area contributed by atoms with E-state index >= 15 is 0 Å². The molecule has 0 aromatic heterocycles. The van der Waals surface area contributed by atoms with Crippen LogP contribution in [-0.4, -0.2) is 30.8 Å². The third-order valence-electron chi connectivity index (χ3n) is 4.44. The van der Waals surface area contributed by atoms with Gasteiger partial charge in [-0.1, -0.05) is 72.8 Å². The maximum Gasteiger partial charge on any atom is 0.267 e. The Balaban J connectivity index is 1.82. The average Bonchev–Trinajstić information content (AvgIpc) is 2.77. The molecular weight excluding hydrogens is 364 g/mol. The summed E-state index contributed by atoms with van der Waals surface area (Å²) < 4.78 is 6.08. The molecule has 1 atom stereocenters. The highest BCUT2D eigenvalue weighted by molar-refractivity contribution is 5.97. The number of para-hydroxylation sites is 1. The molecule has 0 saturated carbocycles. The van der Waals surface area contributed by atoms with E-state index in [1.807, 2.05) is 60.7 Å². The Labute approximate surface area is 170 Å². The smallest absolute Gasteiger partial charge is 0.267 e. The van der Waals surface area contributed by atoms with E-state index in [4.69, 9.17) is 4.74 Å². The highest BCUT2D eigenvalue weighted by atomic mass is 16.5. The predicted molar refractivity (Wildman–Crippen MR) is 113 cm³/mol. The number of likely N-dealkylation sites (N-methyl/N-ethyl adjacent to an activating group) is 1. The number of ether oxygens (including phenoxy) is 1. The molecule has 0 spiro atoms. The van der Waals surface area contributed by atoms with Crippen LogP contribution in [-0.2, 0) is 11.3 Å². The molecule has 0 radical (unpaired) electrons. The summed E-state index contributed by atoms with van der Waals surface area (Å²) in [5.41, 5.74) is 2.12. The van der Waals surface area contributed by atoms with Crippen LogP contribution in [0.25, 0.3) is 0 Å². The molecule has 0 fully saturated rings. The number of amides is 2. The highest BCUT2D eigenvalue weighted by Crippen LogP contribution is 2.27. The van der Waals surface area contributed by atoms with Gasteiger partial charge in [0.25, 0.3) is 11.8 Å². The van der Waals surface area contributed by atoms with Crippen LogP contribution < -0.4 is 10.1 Å². The number of carbonyl (C=O) groups excluding carboxylic acids is 2. The van der Waals surface area contributed by atoms with Gasteiger partial charge in [0.1, 0.15) is 5.75 Å². The monoisotopic (exact) mass is 388 g/mol. The number of nitrogens with zero attached hydrogens (tertiary/aromatic N) is 1. The second-order valence-corrected chi connectivity index (χ2v) is 6.81. The summed E-state index contributed by atoms with van der Waals surface area (Å²) in [5.74, 6) is -0.0913. The number of carbonyl (C=O) groups is 2. The molecule has 148 valence electrons. The lowest BCUT2D eigenvalue weighted by atomic mass is 10.1.